The van der Waals surface area contributed by atoms with Gasteiger partial charge in [-0.25, -0.2) is 0 Å². The number of methoxy groups -OCH3 is 2. The van der Waals surface area contributed by atoms with Crippen molar-refractivity contribution in [2.24, 2.45) is 0 Å². The number of piperazine rings is 1. The summed E-state index contributed by atoms with van der Waals surface area (Å²) in [6, 6.07) is 17.1. The largest absolute Gasteiger partial charge is 0.493 e. The van der Waals surface area contributed by atoms with Gasteiger partial charge in [0.2, 0.25) is 0 Å². The summed E-state index contributed by atoms with van der Waals surface area (Å²) < 4.78 is 10.7. The van der Waals surface area contributed by atoms with E-state index in [2.05, 4.69) is 52.3 Å². The molecule has 1 heterocycles. The van der Waals surface area contributed by atoms with Gasteiger partial charge in [0.15, 0.2) is 11.5 Å². The smallest absolute Gasteiger partial charge is 0.160 e. The van der Waals surface area contributed by atoms with Gasteiger partial charge in [-0.15, -0.1) is 24.8 Å². The number of hydrogen-bond acceptors (Lipinski definition) is 4. The fourth-order valence-corrected chi connectivity index (χ4v) is 3.87. The van der Waals surface area contributed by atoms with Gasteiger partial charge in [0.1, 0.15) is 0 Å². The second-order valence-corrected chi connectivity index (χ2v) is 7.57. The average Bonchev–Trinajstić information content (AvgIpc) is 2.76. The predicted octanol–water partition coefficient (Wildman–Crippen LogP) is 4.73. The van der Waals surface area contributed by atoms with Gasteiger partial charge in [-0.3, -0.25) is 0 Å². The molecule has 1 fully saturated rings. The molecule has 3 rings (SSSR count). The van der Waals surface area contributed by atoms with Gasteiger partial charge in [0.05, 0.1) is 14.2 Å². The maximum absolute atomic E-state index is 5.41. The zero-order valence-electron chi connectivity index (χ0n) is 18.2. The van der Waals surface area contributed by atoms with Crippen molar-refractivity contribution in [3.05, 3.63) is 59.7 Å². The third-order valence-corrected chi connectivity index (χ3v) is 5.66. The minimum Gasteiger partial charge on any atom is -0.493 e. The number of aryl methyl sites for hydroxylation is 1. The van der Waals surface area contributed by atoms with Crippen LogP contribution in [0.3, 0.4) is 0 Å². The Hall–Kier alpha value is -1.46. The molecule has 6 heteroatoms. The lowest BCUT2D eigenvalue weighted by molar-refractivity contribution is 0.132. The second-order valence-electron chi connectivity index (χ2n) is 7.57. The topological polar surface area (TPSA) is 24.9 Å². The van der Waals surface area contributed by atoms with Gasteiger partial charge in [0.25, 0.3) is 0 Å². The molecule has 0 unspecified atom stereocenters. The summed E-state index contributed by atoms with van der Waals surface area (Å²) in [5.74, 6) is 1.62. The summed E-state index contributed by atoms with van der Waals surface area (Å²) in [4.78, 5) is 5.20. The molecule has 168 valence electrons. The number of unbranched alkanes of at least 4 members (excludes halogenated alkanes) is 1. The Labute approximate surface area is 194 Å². The number of halogens is 2. The molecular formula is C24H36Cl2N2O2. The van der Waals surface area contributed by atoms with Crippen LogP contribution in [-0.2, 0) is 12.8 Å². The molecule has 30 heavy (non-hydrogen) atoms. The van der Waals surface area contributed by atoms with Crippen LogP contribution in [-0.4, -0.2) is 63.3 Å². The predicted molar refractivity (Wildman–Crippen MR) is 130 cm³/mol. The molecule has 0 saturated carbocycles. The number of nitrogens with zero attached hydrogens (tertiary/aromatic N) is 2. The van der Waals surface area contributed by atoms with E-state index in [1.54, 1.807) is 14.2 Å². The Kier molecular flexibility index (Phi) is 12.9. The first-order chi connectivity index (χ1) is 13.8. The van der Waals surface area contributed by atoms with Crippen LogP contribution in [0.4, 0.5) is 0 Å². The van der Waals surface area contributed by atoms with Crippen molar-refractivity contribution in [2.75, 3.05) is 53.5 Å². The van der Waals surface area contributed by atoms with Gasteiger partial charge >= 0.3 is 0 Å². The van der Waals surface area contributed by atoms with E-state index in [1.807, 2.05) is 6.07 Å². The van der Waals surface area contributed by atoms with Crippen molar-refractivity contribution in [1.82, 2.24) is 9.80 Å². The molecule has 1 aliphatic rings. The highest BCUT2D eigenvalue weighted by Gasteiger charge is 2.16. The van der Waals surface area contributed by atoms with E-state index in [1.165, 1.54) is 63.1 Å². The van der Waals surface area contributed by atoms with E-state index in [-0.39, 0.29) is 24.8 Å². The van der Waals surface area contributed by atoms with Crippen LogP contribution in [0.2, 0.25) is 0 Å². The first-order valence-electron chi connectivity index (χ1n) is 10.5. The van der Waals surface area contributed by atoms with E-state index < -0.39 is 0 Å². The highest BCUT2D eigenvalue weighted by molar-refractivity contribution is 5.85. The van der Waals surface area contributed by atoms with Crippen LogP contribution in [0, 0.1) is 0 Å². The standard InChI is InChI=1S/C24H34N2O2.2ClH/c1-27-23-12-11-22(20-24(23)28-2)13-15-26-18-16-25(17-19-26)14-7-6-10-21-8-4-3-5-9-21;;/h3-5,8-9,11-12,20H,6-7,10,13-19H2,1-2H3;2*1H. The molecule has 0 aromatic heterocycles. The minimum absolute atomic E-state index is 0. The Morgan fingerprint density at radius 1 is 0.667 bits per heavy atom. The fourth-order valence-electron chi connectivity index (χ4n) is 3.87. The Morgan fingerprint density at radius 2 is 1.30 bits per heavy atom. The SMILES string of the molecule is COc1ccc(CCN2CCN(CCCCc3ccccc3)CC2)cc1OC.Cl.Cl. The molecule has 0 amide bonds. The van der Waals surface area contributed by atoms with E-state index in [0.717, 1.165) is 24.5 Å². The quantitative estimate of drug-likeness (QED) is 0.484. The van der Waals surface area contributed by atoms with E-state index in [4.69, 9.17) is 9.47 Å². The highest BCUT2D eigenvalue weighted by atomic mass is 35.5. The van der Waals surface area contributed by atoms with Crippen molar-refractivity contribution < 1.29 is 9.47 Å². The van der Waals surface area contributed by atoms with Gasteiger partial charge in [-0.2, -0.15) is 0 Å². The van der Waals surface area contributed by atoms with Crippen LogP contribution in [0.15, 0.2) is 48.5 Å². The third-order valence-electron chi connectivity index (χ3n) is 5.66. The molecular weight excluding hydrogens is 419 g/mol. The van der Waals surface area contributed by atoms with Crippen molar-refractivity contribution in [3.63, 3.8) is 0 Å². The van der Waals surface area contributed by atoms with Crippen molar-refractivity contribution >= 4 is 24.8 Å². The number of ether oxygens (including phenoxy) is 2. The van der Waals surface area contributed by atoms with Crippen LogP contribution < -0.4 is 9.47 Å². The zero-order valence-corrected chi connectivity index (χ0v) is 19.9. The molecule has 1 aliphatic heterocycles. The van der Waals surface area contributed by atoms with Gasteiger partial charge in [-0.05, 0) is 55.5 Å². The summed E-state index contributed by atoms with van der Waals surface area (Å²) in [6.45, 7) is 7.07. The van der Waals surface area contributed by atoms with E-state index >= 15 is 0 Å². The molecule has 0 spiro atoms. The molecule has 2 aromatic rings. The van der Waals surface area contributed by atoms with Crippen molar-refractivity contribution in [2.45, 2.75) is 25.7 Å². The number of hydrogen-bond donors (Lipinski definition) is 0. The first kappa shape index (κ1) is 26.6. The van der Waals surface area contributed by atoms with Crippen LogP contribution >= 0.6 is 24.8 Å². The number of benzene rings is 2. The second kappa shape index (κ2) is 14.5. The summed E-state index contributed by atoms with van der Waals surface area (Å²) >= 11 is 0. The summed E-state index contributed by atoms with van der Waals surface area (Å²) in [6.07, 6.45) is 4.83. The third kappa shape index (κ3) is 8.35. The number of rotatable bonds is 10. The highest BCUT2D eigenvalue weighted by Crippen LogP contribution is 2.27. The fraction of sp³-hybridized carbons (Fsp3) is 0.500. The maximum atomic E-state index is 5.41. The van der Waals surface area contributed by atoms with Crippen LogP contribution in [0.5, 0.6) is 11.5 Å². The lowest BCUT2D eigenvalue weighted by atomic mass is 10.1. The van der Waals surface area contributed by atoms with Crippen molar-refractivity contribution in [3.8, 4) is 11.5 Å². The Bertz CT molecular complexity index is 708. The van der Waals surface area contributed by atoms with Gasteiger partial charge < -0.3 is 19.3 Å². The van der Waals surface area contributed by atoms with Gasteiger partial charge in [0, 0.05) is 32.7 Å². The van der Waals surface area contributed by atoms with Crippen molar-refractivity contribution in [1.29, 1.82) is 0 Å². The molecule has 2 aromatic carbocycles. The molecule has 4 nitrogen and oxygen atoms in total. The molecule has 0 bridgehead atoms. The lowest BCUT2D eigenvalue weighted by Gasteiger charge is -2.34. The molecule has 0 atom stereocenters. The summed E-state index contributed by atoms with van der Waals surface area (Å²) in [5.41, 5.74) is 2.77. The molecule has 0 radical (unpaired) electrons. The summed E-state index contributed by atoms with van der Waals surface area (Å²) in [5, 5.41) is 0. The maximum Gasteiger partial charge on any atom is 0.160 e. The van der Waals surface area contributed by atoms with Crippen LogP contribution in [0.1, 0.15) is 24.0 Å². The van der Waals surface area contributed by atoms with Gasteiger partial charge in [-0.1, -0.05) is 36.4 Å². The zero-order chi connectivity index (χ0) is 19.6. The van der Waals surface area contributed by atoms with Crippen LogP contribution in [0.25, 0.3) is 0 Å². The van der Waals surface area contributed by atoms with E-state index in [0.29, 0.717) is 0 Å². The first-order valence-corrected chi connectivity index (χ1v) is 10.5. The summed E-state index contributed by atoms with van der Waals surface area (Å²) in [7, 11) is 3.37. The monoisotopic (exact) mass is 454 g/mol. The Morgan fingerprint density at radius 3 is 1.93 bits per heavy atom. The lowest BCUT2D eigenvalue weighted by Crippen LogP contribution is -2.47. The molecule has 0 aliphatic carbocycles. The molecule has 1 saturated heterocycles. The van der Waals surface area contributed by atoms with E-state index in [9.17, 15) is 0 Å². The Balaban J connectivity index is 0.00000225. The molecule has 0 N–H and O–H groups in total. The average molecular weight is 455 g/mol. The normalized spacial score (nSPS) is 14.5. The minimum atomic E-state index is 0.